The largest absolute Gasteiger partial charge is 0.465 e. The van der Waals surface area contributed by atoms with E-state index in [4.69, 9.17) is 4.42 Å². The number of benzene rings is 1. The van der Waals surface area contributed by atoms with Crippen LogP contribution in [-0.2, 0) is 11.3 Å². The smallest absolute Gasteiger partial charge is 0.244 e. The summed E-state index contributed by atoms with van der Waals surface area (Å²) in [6.07, 6.45) is 7.75. The van der Waals surface area contributed by atoms with Crippen molar-refractivity contribution in [1.82, 2.24) is 20.1 Å². The summed E-state index contributed by atoms with van der Waals surface area (Å²) in [5, 5.41) is 7.07. The minimum Gasteiger partial charge on any atom is -0.465 e. The molecule has 1 N–H and O–H groups in total. The first-order valence-electron chi connectivity index (χ1n) is 7.21. The van der Waals surface area contributed by atoms with Crippen LogP contribution >= 0.6 is 0 Å². The number of carbonyl (C=O) groups excluding carboxylic acids is 1. The Kier molecular flexibility index (Phi) is 4.63. The summed E-state index contributed by atoms with van der Waals surface area (Å²) in [7, 11) is 0. The molecule has 0 aliphatic rings. The van der Waals surface area contributed by atoms with Crippen molar-refractivity contribution in [1.29, 1.82) is 0 Å². The SMILES string of the molecule is O=C(C=Cc1ccco1)NC(Cn1cncn1)c1ccccc1. The van der Waals surface area contributed by atoms with E-state index in [2.05, 4.69) is 15.4 Å². The lowest BCUT2D eigenvalue weighted by atomic mass is 10.1. The molecule has 1 amide bonds. The number of nitrogens with zero attached hydrogens (tertiary/aromatic N) is 3. The van der Waals surface area contributed by atoms with Crippen LogP contribution in [0.4, 0.5) is 0 Å². The van der Waals surface area contributed by atoms with Crippen LogP contribution in [-0.4, -0.2) is 20.7 Å². The van der Waals surface area contributed by atoms with Gasteiger partial charge in [0.05, 0.1) is 18.8 Å². The van der Waals surface area contributed by atoms with E-state index >= 15 is 0 Å². The van der Waals surface area contributed by atoms with Crippen LogP contribution in [0.15, 0.2) is 71.9 Å². The highest BCUT2D eigenvalue weighted by molar-refractivity contribution is 5.91. The third kappa shape index (κ3) is 4.16. The minimum atomic E-state index is -0.202. The Morgan fingerprint density at radius 1 is 1.26 bits per heavy atom. The molecule has 0 bridgehead atoms. The van der Waals surface area contributed by atoms with E-state index in [0.717, 1.165) is 5.56 Å². The number of furan rings is 1. The van der Waals surface area contributed by atoms with Crippen molar-refractivity contribution in [2.75, 3.05) is 0 Å². The molecule has 3 rings (SSSR count). The van der Waals surface area contributed by atoms with E-state index < -0.39 is 0 Å². The summed E-state index contributed by atoms with van der Waals surface area (Å²) in [6.45, 7) is 0.504. The van der Waals surface area contributed by atoms with Gasteiger partial charge in [0.25, 0.3) is 0 Å². The van der Waals surface area contributed by atoms with Gasteiger partial charge < -0.3 is 9.73 Å². The highest BCUT2D eigenvalue weighted by atomic mass is 16.3. The zero-order valence-electron chi connectivity index (χ0n) is 12.4. The van der Waals surface area contributed by atoms with Gasteiger partial charge in [-0.25, -0.2) is 4.98 Å². The maximum absolute atomic E-state index is 12.2. The fourth-order valence-electron chi connectivity index (χ4n) is 2.20. The van der Waals surface area contributed by atoms with Crippen molar-refractivity contribution in [2.45, 2.75) is 12.6 Å². The molecule has 0 radical (unpaired) electrons. The third-order valence-corrected chi connectivity index (χ3v) is 3.30. The van der Waals surface area contributed by atoms with Crippen LogP contribution in [0.3, 0.4) is 0 Å². The maximum atomic E-state index is 12.2. The standard InChI is InChI=1S/C17H16N4O2/c22-17(9-8-15-7-4-10-23-15)20-16(11-21-13-18-12-19-21)14-5-2-1-3-6-14/h1-10,12-13,16H,11H2,(H,20,22). The lowest BCUT2D eigenvalue weighted by Crippen LogP contribution is -2.30. The molecule has 1 atom stereocenters. The van der Waals surface area contributed by atoms with E-state index in [1.165, 1.54) is 12.4 Å². The van der Waals surface area contributed by atoms with Gasteiger partial charge in [0.1, 0.15) is 18.4 Å². The Hall–Kier alpha value is -3.15. The molecular weight excluding hydrogens is 292 g/mol. The topological polar surface area (TPSA) is 73.0 Å². The molecule has 1 unspecified atom stereocenters. The Morgan fingerprint density at radius 2 is 2.13 bits per heavy atom. The van der Waals surface area contributed by atoms with Crippen molar-refractivity contribution in [3.8, 4) is 0 Å². The normalized spacial score (nSPS) is 12.3. The Morgan fingerprint density at radius 3 is 2.83 bits per heavy atom. The lowest BCUT2D eigenvalue weighted by Gasteiger charge is -2.18. The van der Waals surface area contributed by atoms with Crippen LogP contribution < -0.4 is 5.32 Å². The first-order valence-corrected chi connectivity index (χ1v) is 7.21. The maximum Gasteiger partial charge on any atom is 0.244 e. The molecule has 6 nitrogen and oxygen atoms in total. The Balaban J connectivity index is 1.71. The number of carbonyl (C=O) groups is 1. The predicted octanol–water partition coefficient (Wildman–Crippen LogP) is 2.44. The first-order chi connectivity index (χ1) is 11.3. The molecule has 2 heterocycles. The van der Waals surface area contributed by atoms with Gasteiger partial charge in [-0.3, -0.25) is 9.48 Å². The first kappa shape index (κ1) is 14.8. The van der Waals surface area contributed by atoms with Crippen LogP contribution in [0.25, 0.3) is 6.08 Å². The molecule has 23 heavy (non-hydrogen) atoms. The van der Waals surface area contributed by atoms with Gasteiger partial charge in [-0.2, -0.15) is 5.10 Å². The van der Waals surface area contributed by atoms with Gasteiger partial charge in [-0.05, 0) is 23.8 Å². The quantitative estimate of drug-likeness (QED) is 0.710. The van der Waals surface area contributed by atoms with Gasteiger partial charge in [-0.15, -0.1) is 0 Å². The van der Waals surface area contributed by atoms with E-state index in [-0.39, 0.29) is 11.9 Å². The van der Waals surface area contributed by atoms with Gasteiger partial charge in [-0.1, -0.05) is 30.3 Å². The third-order valence-electron chi connectivity index (χ3n) is 3.30. The summed E-state index contributed by atoms with van der Waals surface area (Å²) in [5.41, 5.74) is 1.00. The number of amides is 1. The Labute approximate surface area is 133 Å². The number of hydrogen-bond donors (Lipinski definition) is 1. The van der Waals surface area contributed by atoms with E-state index in [1.54, 1.807) is 35.5 Å². The summed E-state index contributed by atoms with van der Waals surface area (Å²) in [5.74, 6) is 0.433. The molecule has 1 aromatic carbocycles. The molecular formula is C17H16N4O2. The lowest BCUT2D eigenvalue weighted by molar-refractivity contribution is -0.117. The van der Waals surface area contributed by atoms with Crippen LogP contribution in [0.5, 0.6) is 0 Å². The van der Waals surface area contributed by atoms with Gasteiger partial charge >= 0.3 is 0 Å². The molecule has 0 aliphatic carbocycles. The molecule has 2 aromatic heterocycles. The zero-order chi connectivity index (χ0) is 15.9. The van der Waals surface area contributed by atoms with Crippen molar-refractivity contribution in [3.05, 3.63) is 78.8 Å². The molecule has 0 saturated heterocycles. The van der Waals surface area contributed by atoms with Gasteiger partial charge in [0.2, 0.25) is 5.91 Å². The molecule has 0 fully saturated rings. The monoisotopic (exact) mass is 308 g/mol. The summed E-state index contributed by atoms with van der Waals surface area (Å²) in [6, 6.07) is 13.1. The van der Waals surface area contributed by atoms with Gasteiger partial charge in [0, 0.05) is 6.08 Å². The van der Waals surface area contributed by atoms with Gasteiger partial charge in [0.15, 0.2) is 0 Å². The van der Waals surface area contributed by atoms with Crippen molar-refractivity contribution in [2.24, 2.45) is 0 Å². The highest BCUT2D eigenvalue weighted by Crippen LogP contribution is 2.14. The fourth-order valence-corrected chi connectivity index (χ4v) is 2.20. The molecule has 0 aliphatic heterocycles. The van der Waals surface area contributed by atoms with E-state index in [9.17, 15) is 4.79 Å². The molecule has 116 valence electrons. The minimum absolute atomic E-state index is 0.199. The molecule has 0 spiro atoms. The second-order valence-corrected chi connectivity index (χ2v) is 4.94. The number of hydrogen-bond acceptors (Lipinski definition) is 4. The second kappa shape index (κ2) is 7.22. The van der Waals surface area contributed by atoms with Crippen LogP contribution in [0.1, 0.15) is 17.4 Å². The van der Waals surface area contributed by atoms with Crippen LogP contribution in [0, 0.1) is 0 Å². The number of aromatic nitrogens is 3. The molecule has 6 heteroatoms. The molecule has 3 aromatic rings. The predicted molar refractivity (Wildman–Crippen MR) is 85.1 cm³/mol. The van der Waals surface area contributed by atoms with E-state index in [1.807, 2.05) is 30.3 Å². The number of nitrogens with one attached hydrogen (secondary N) is 1. The Bertz CT molecular complexity index is 749. The average molecular weight is 308 g/mol. The fraction of sp³-hybridized carbons (Fsp3) is 0.118. The van der Waals surface area contributed by atoms with Crippen molar-refractivity contribution < 1.29 is 9.21 Å². The van der Waals surface area contributed by atoms with Crippen molar-refractivity contribution >= 4 is 12.0 Å². The summed E-state index contributed by atoms with van der Waals surface area (Å²) >= 11 is 0. The van der Waals surface area contributed by atoms with Crippen LogP contribution in [0.2, 0.25) is 0 Å². The van der Waals surface area contributed by atoms with E-state index in [0.29, 0.717) is 12.3 Å². The average Bonchev–Trinajstić information content (AvgIpc) is 3.27. The summed E-state index contributed by atoms with van der Waals surface area (Å²) in [4.78, 5) is 16.1. The molecule has 0 saturated carbocycles. The highest BCUT2D eigenvalue weighted by Gasteiger charge is 2.14. The summed E-state index contributed by atoms with van der Waals surface area (Å²) < 4.78 is 6.86. The second-order valence-electron chi connectivity index (χ2n) is 4.94. The zero-order valence-corrected chi connectivity index (χ0v) is 12.4. The van der Waals surface area contributed by atoms with Crippen molar-refractivity contribution in [3.63, 3.8) is 0 Å². The number of rotatable bonds is 6.